The van der Waals surface area contributed by atoms with Crippen molar-refractivity contribution >= 4 is 29.2 Å². The highest BCUT2D eigenvalue weighted by Gasteiger charge is 2.12. The minimum absolute atomic E-state index is 0.441. The first-order valence-electron chi connectivity index (χ1n) is 5.32. The molecule has 0 aliphatic heterocycles. The van der Waals surface area contributed by atoms with Crippen molar-refractivity contribution in [3.8, 4) is 0 Å². The fourth-order valence-corrected chi connectivity index (χ4v) is 1.96. The van der Waals surface area contributed by atoms with Crippen molar-refractivity contribution in [2.75, 3.05) is 11.4 Å². The molecule has 1 N–H and O–H groups in total. The average Bonchev–Trinajstić information content (AvgIpc) is 2.82. The number of imidazole rings is 1. The van der Waals surface area contributed by atoms with Gasteiger partial charge in [-0.3, -0.25) is 0 Å². The van der Waals surface area contributed by atoms with Gasteiger partial charge in [-0.15, -0.1) is 23.2 Å². The van der Waals surface area contributed by atoms with Gasteiger partial charge in [-0.25, -0.2) is 4.98 Å². The average molecular weight is 270 g/mol. The minimum Gasteiger partial charge on any atom is -0.335 e. The van der Waals surface area contributed by atoms with Crippen LogP contribution in [0.4, 0.5) is 5.95 Å². The molecular weight excluding hydrogens is 257 g/mol. The third-order valence-corrected chi connectivity index (χ3v) is 2.63. The highest BCUT2D eigenvalue weighted by molar-refractivity contribution is 6.44. The standard InChI is InChI=1S/C12H13Cl2N3/c13-11(14)9-17(12-15-6-7-16-12)8-10-4-2-1-3-5-10/h1-7,11H,8-9H2,(H,15,16). The predicted octanol–water partition coefficient (Wildman–Crippen LogP) is 3.22. The van der Waals surface area contributed by atoms with Gasteiger partial charge in [0.2, 0.25) is 5.95 Å². The summed E-state index contributed by atoms with van der Waals surface area (Å²) in [6.07, 6.45) is 3.50. The van der Waals surface area contributed by atoms with E-state index in [2.05, 4.69) is 22.1 Å². The van der Waals surface area contributed by atoms with Crippen LogP contribution >= 0.6 is 23.2 Å². The Kier molecular flexibility index (Phi) is 4.29. The van der Waals surface area contributed by atoms with E-state index in [0.717, 1.165) is 12.5 Å². The van der Waals surface area contributed by atoms with E-state index in [1.807, 2.05) is 23.1 Å². The summed E-state index contributed by atoms with van der Waals surface area (Å²) in [5.74, 6) is 0.778. The molecule has 0 aliphatic carbocycles. The van der Waals surface area contributed by atoms with Gasteiger partial charge in [0.15, 0.2) is 0 Å². The van der Waals surface area contributed by atoms with Crippen molar-refractivity contribution < 1.29 is 0 Å². The van der Waals surface area contributed by atoms with E-state index in [0.29, 0.717) is 6.54 Å². The Bertz CT molecular complexity index is 428. The van der Waals surface area contributed by atoms with Crippen molar-refractivity contribution in [1.82, 2.24) is 9.97 Å². The molecule has 1 aromatic heterocycles. The number of H-pyrrole nitrogens is 1. The number of halogens is 2. The topological polar surface area (TPSA) is 31.9 Å². The van der Waals surface area contributed by atoms with Crippen LogP contribution in [0.2, 0.25) is 0 Å². The largest absolute Gasteiger partial charge is 0.335 e. The first-order chi connectivity index (χ1) is 8.25. The molecule has 2 rings (SSSR count). The maximum atomic E-state index is 5.84. The highest BCUT2D eigenvalue weighted by Crippen LogP contribution is 2.15. The molecule has 5 heteroatoms. The molecule has 0 unspecified atom stereocenters. The lowest BCUT2D eigenvalue weighted by Crippen LogP contribution is -2.28. The molecule has 0 spiro atoms. The summed E-state index contributed by atoms with van der Waals surface area (Å²) in [7, 11) is 0. The summed E-state index contributed by atoms with van der Waals surface area (Å²) in [5, 5.41) is 0. The van der Waals surface area contributed by atoms with Gasteiger partial charge in [-0.1, -0.05) is 30.3 Å². The quantitative estimate of drug-likeness (QED) is 0.846. The van der Waals surface area contributed by atoms with Crippen LogP contribution < -0.4 is 4.90 Å². The summed E-state index contributed by atoms with van der Waals surface area (Å²) in [5.41, 5.74) is 1.19. The first kappa shape index (κ1) is 12.3. The Morgan fingerprint density at radius 1 is 1.24 bits per heavy atom. The highest BCUT2D eigenvalue weighted by atomic mass is 35.5. The van der Waals surface area contributed by atoms with E-state index in [1.54, 1.807) is 12.4 Å². The van der Waals surface area contributed by atoms with E-state index < -0.39 is 4.84 Å². The van der Waals surface area contributed by atoms with Crippen LogP contribution in [0, 0.1) is 0 Å². The second-order valence-corrected chi connectivity index (χ2v) is 4.95. The van der Waals surface area contributed by atoms with E-state index in [9.17, 15) is 0 Å². The number of anilines is 1. The maximum absolute atomic E-state index is 5.84. The zero-order chi connectivity index (χ0) is 12.1. The number of nitrogens with zero attached hydrogens (tertiary/aromatic N) is 2. The van der Waals surface area contributed by atoms with Crippen LogP contribution in [0.25, 0.3) is 0 Å². The van der Waals surface area contributed by atoms with Gasteiger partial charge in [0.05, 0.1) is 6.54 Å². The molecule has 0 saturated heterocycles. The SMILES string of the molecule is ClC(Cl)CN(Cc1ccccc1)c1ncc[nH]1. The van der Waals surface area contributed by atoms with Crippen molar-refractivity contribution in [1.29, 1.82) is 0 Å². The molecule has 90 valence electrons. The predicted molar refractivity (Wildman–Crippen MR) is 71.6 cm³/mol. The Labute approximate surface area is 110 Å². The fraction of sp³-hybridized carbons (Fsp3) is 0.250. The van der Waals surface area contributed by atoms with Crippen LogP contribution in [-0.2, 0) is 6.54 Å². The smallest absolute Gasteiger partial charge is 0.203 e. The van der Waals surface area contributed by atoms with Crippen LogP contribution in [0.3, 0.4) is 0 Å². The van der Waals surface area contributed by atoms with Gasteiger partial charge in [-0.2, -0.15) is 0 Å². The molecule has 3 nitrogen and oxygen atoms in total. The minimum atomic E-state index is -0.441. The summed E-state index contributed by atoms with van der Waals surface area (Å²) in [4.78, 5) is 8.85. The molecule has 0 radical (unpaired) electrons. The van der Waals surface area contributed by atoms with Gasteiger partial charge in [0, 0.05) is 18.9 Å². The summed E-state index contributed by atoms with van der Waals surface area (Å²) in [6.45, 7) is 1.26. The number of nitrogens with one attached hydrogen (secondary N) is 1. The lowest BCUT2D eigenvalue weighted by atomic mass is 10.2. The first-order valence-corrected chi connectivity index (χ1v) is 6.19. The van der Waals surface area contributed by atoms with Gasteiger partial charge < -0.3 is 9.88 Å². The molecule has 17 heavy (non-hydrogen) atoms. The number of hydrogen-bond donors (Lipinski definition) is 1. The van der Waals surface area contributed by atoms with Gasteiger partial charge >= 0.3 is 0 Å². The van der Waals surface area contributed by atoms with Gasteiger partial charge in [0.25, 0.3) is 0 Å². The van der Waals surface area contributed by atoms with Crippen molar-refractivity contribution in [2.24, 2.45) is 0 Å². The molecule has 1 heterocycles. The second-order valence-electron chi connectivity index (χ2n) is 3.67. The van der Waals surface area contributed by atoms with E-state index in [1.165, 1.54) is 5.56 Å². The molecular formula is C12H13Cl2N3. The Balaban J connectivity index is 2.11. The number of aromatic amines is 1. The molecule has 0 fully saturated rings. The zero-order valence-corrected chi connectivity index (χ0v) is 10.7. The van der Waals surface area contributed by atoms with Crippen LogP contribution in [0.15, 0.2) is 42.7 Å². The van der Waals surface area contributed by atoms with Crippen molar-refractivity contribution in [3.63, 3.8) is 0 Å². The molecule has 0 amide bonds. The monoisotopic (exact) mass is 269 g/mol. The number of alkyl halides is 2. The normalized spacial score (nSPS) is 10.8. The summed E-state index contributed by atoms with van der Waals surface area (Å²) in [6, 6.07) is 10.1. The van der Waals surface area contributed by atoms with Crippen molar-refractivity contribution in [3.05, 3.63) is 48.3 Å². The molecule has 0 saturated carbocycles. The van der Waals surface area contributed by atoms with Crippen LogP contribution in [0.5, 0.6) is 0 Å². The zero-order valence-electron chi connectivity index (χ0n) is 9.18. The van der Waals surface area contributed by atoms with Crippen molar-refractivity contribution in [2.45, 2.75) is 11.4 Å². The third-order valence-electron chi connectivity index (χ3n) is 2.36. The molecule has 0 atom stereocenters. The number of rotatable bonds is 5. The Morgan fingerprint density at radius 3 is 2.59 bits per heavy atom. The van der Waals surface area contributed by atoms with Crippen LogP contribution in [0.1, 0.15) is 5.56 Å². The van der Waals surface area contributed by atoms with Crippen LogP contribution in [-0.4, -0.2) is 21.3 Å². The molecule has 1 aromatic carbocycles. The maximum Gasteiger partial charge on any atom is 0.203 e. The Hall–Kier alpha value is -1.19. The van der Waals surface area contributed by atoms with Gasteiger partial charge in [-0.05, 0) is 5.56 Å². The van der Waals surface area contributed by atoms with Gasteiger partial charge in [0.1, 0.15) is 4.84 Å². The molecule has 0 aliphatic rings. The summed E-state index contributed by atoms with van der Waals surface area (Å²) >= 11 is 11.7. The second kappa shape index (κ2) is 5.94. The number of benzene rings is 1. The van der Waals surface area contributed by atoms with E-state index in [4.69, 9.17) is 23.2 Å². The molecule has 0 bridgehead atoms. The third kappa shape index (κ3) is 3.65. The van der Waals surface area contributed by atoms with E-state index in [-0.39, 0.29) is 0 Å². The summed E-state index contributed by atoms with van der Waals surface area (Å²) < 4.78 is 0. The number of aromatic nitrogens is 2. The van der Waals surface area contributed by atoms with E-state index >= 15 is 0 Å². The molecule has 2 aromatic rings. The Morgan fingerprint density at radius 2 is 2.00 bits per heavy atom. The lowest BCUT2D eigenvalue weighted by Gasteiger charge is -2.22. The fourth-order valence-electron chi connectivity index (χ4n) is 1.63. The lowest BCUT2D eigenvalue weighted by molar-refractivity contribution is 0.790. The number of hydrogen-bond acceptors (Lipinski definition) is 2.